The van der Waals surface area contributed by atoms with Crippen molar-refractivity contribution in [2.75, 3.05) is 20.3 Å². The lowest BCUT2D eigenvalue weighted by molar-refractivity contribution is -0.145. The van der Waals surface area contributed by atoms with Gasteiger partial charge in [0.2, 0.25) is 0 Å². The van der Waals surface area contributed by atoms with Crippen molar-refractivity contribution in [1.29, 1.82) is 5.41 Å². The number of ketones is 1. The van der Waals surface area contributed by atoms with E-state index in [0.717, 1.165) is 23.2 Å². The van der Waals surface area contributed by atoms with Crippen LogP contribution in [0.2, 0.25) is 0 Å². The predicted molar refractivity (Wildman–Crippen MR) is 115 cm³/mol. The summed E-state index contributed by atoms with van der Waals surface area (Å²) in [5.41, 5.74) is 0.714. The van der Waals surface area contributed by atoms with Crippen molar-refractivity contribution in [3.8, 4) is 11.5 Å². The van der Waals surface area contributed by atoms with Crippen molar-refractivity contribution in [2.24, 2.45) is 0 Å². The Morgan fingerprint density at radius 3 is 2.73 bits per heavy atom. The van der Waals surface area contributed by atoms with E-state index in [-0.39, 0.29) is 24.0 Å². The lowest BCUT2D eigenvalue weighted by Crippen LogP contribution is -2.14. The SMILES string of the molecule is CCOC(=O)COc1ccc(/C=C2\SC(=N)[C@H](c3nnc(CC)s3)C2=O)cc1OC. The fraction of sp³-hybridized carbons (Fsp3) is 0.350. The van der Waals surface area contributed by atoms with Gasteiger partial charge in [-0.15, -0.1) is 21.5 Å². The van der Waals surface area contributed by atoms with E-state index in [1.807, 2.05) is 6.92 Å². The van der Waals surface area contributed by atoms with Crippen LogP contribution >= 0.6 is 23.1 Å². The molecule has 1 fully saturated rings. The van der Waals surface area contributed by atoms with Crippen LogP contribution in [0.1, 0.15) is 35.3 Å². The average molecular weight is 448 g/mol. The highest BCUT2D eigenvalue weighted by Gasteiger charge is 2.39. The van der Waals surface area contributed by atoms with Gasteiger partial charge in [0.1, 0.15) is 15.9 Å². The quantitative estimate of drug-likeness (QED) is 0.484. The molecule has 1 aliphatic rings. The molecule has 0 aliphatic carbocycles. The van der Waals surface area contributed by atoms with Crippen LogP contribution in [0.5, 0.6) is 11.5 Å². The van der Waals surface area contributed by atoms with Crippen LogP contribution in [0.25, 0.3) is 6.08 Å². The molecular formula is C20H21N3O5S2. The van der Waals surface area contributed by atoms with Crippen LogP contribution in [0, 0.1) is 5.41 Å². The Hall–Kier alpha value is -2.72. The number of ether oxygens (including phenoxy) is 3. The number of carbonyl (C=O) groups is 2. The molecule has 2 aromatic rings. The second-order valence-electron chi connectivity index (χ2n) is 6.16. The van der Waals surface area contributed by atoms with Crippen LogP contribution in [-0.4, -0.2) is 47.3 Å². The van der Waals surface area contributed by atoms with E-state index in [4.69, 9.17) is 19.6 Å². The molecule has 0 spiro atoms. The summed E-state index contributed by atoms with van der Waals surface area (Å²) in [6.07, 6.45) is 2.45. The molecule has 1 saturated heterocycles. The van der Waals surface area contributed by atoms with Gasteiger partial charge in [-0.25, -0.2) is 4.79 Å². The Kier molecular flexibility index (Phi) is 7.22. The number of aromatic nitrogens is 2. The molecule has 1 aromatic heterocycles. The second kappa shape index (κ2) is 9.86. The molecule has 2 heterocycles. The summed E-state index contributed by atoms with van der Waals surface area (Å²) in [5.74, 6) is -0.498. The summed E-state index contributed by atoms with van der Waals surface area (Å²) in [7, 11) is 1.49. The number of nitrogens with zero attached hydrogens (tertiary/aromatic N) is 2. The minimum Gasteiger partial charge on any atom is -0.493 e. The third kappa shape index (κ3) is 4.88. The maximum absolute atomic E-state index is 12.9. The Labute approximate surface area is 182 Å². The maximum atomic E-state index is 12.9. The van der Waals surface area contributed by atoms with Crippen LogP contribution in [0.4, 0.5) is 0 Å². The van der Waals surface area contributed by atoms with Crippen LogP contribution in [0.3, 0.4) is 0 Å². The second-order valence-corrected chi connectivity index (χ2v) is 8.34. The fourth-order valence-corrected chi connectivity index (χ4v) is 4.68. The first-order chi connectivity index (χ1) is 14.5. The third-order valence-electron chi connectivity index (χ3n) is 4.16. The summed E-state index contributed by atoms with van der Waals surface area (Å²) in [6.45, 7) is 3.75. The summed E-state index contributed by atoms with van der Waals surface area (Å²) >= 11 is 2.49. The number of rotatable bonds is 8. The molecule has 1 N–H and O–H groups in total. The zero-order chi connectivity index (χ0) is 21.7. The van der Waals surface area contributed by atoms with Gasteiger partial charge in [-0.3, -0.25) is 10.2 Å². The molecule has 0 saturated carbocycles. The molecule has 1 aliphatic heterocycles. The highest BCUT2D eigenvalue weighted by Crippen LogP contribution is 2.42. The third-order valence-corrected chi connectivity index (χ3v) is 6.28. The van der Waals surface area contributed by atoms with Gasteiger partial charge in [-0.05, 0) is 37.1 Å². The number of nitrogens with one attached hydrogen (secondary N) is 1. The Morgan fingerprint density at radius 2 is 2.07 bits per heavy atom. The van der Waals surface area contributed by atoms with Crippen molar-refractivity contribution in [3.05, 3.63) is 38.7 Å². The molecule has 0 radical (unpaired) electrons. The van der Waals surface area contributed by atoms with Crippen molar-refractivity contribution in [3.63, 3.8) is 0 Å². The van der Waals surface area contributed by atoms with Crippen LogP contribution < -0.4 is 9.47 Å². The van der Waals surface area contributed by atoms with E-state index in [0.29, 0.717) is 27.0 Å². The van der Waals surface area contributed by atoms with Gasteiger partial charge < -0.3 is 14.2 Å². The largest absolute Gasteiger partial charge is 0.493 e. The van der Waals surface area contributed by atoms with Gasteiger partial charge in [0.25, 0.3) is 0 Å². The molecule has 1 aromatic carbocycles. The van der Waals surface area contributed by atoms with Crippen molar-refractivity contribution in [1.82, 2.24) is 10.2 Å². The molecule has 3 rings (SSSR count). The summed E-state index contributed by atoms with van der Waals surface area (Å²) < 4.78 is 15.6. The molecular weight excluding hydrogens is 426 g/mol. The Bertz CT molecular complexity index is 1000. The first kappa shape index (κ1) is 22.0. The van der Waals surface area contributed by atoms with Gasteiger partial charge in [-0.1, -0.05) is 24.8 Å². The zero-order valence-electron chi connectivity index (χ0n) is 16.8. The van der Waals surface area contributed by atoms with E-state index >= 15 is 0 Å². The van der Waals surface area contributed by atoms with Gasteiger partial charge in [0, 0.05) is 0 Å². The molecule has 0 bridgehead atoms. The number of carbonyl (C=O) groups excluding carboxylic acids is 2. The van der Waals surface area contributed by atoms with Gasteiger partial charge in [0.05, 0.1) is 23.7 Å². The monoisotopic (exact) mass is 447 g/mol. The molecule has 8 nitrogen and oxygen atoms in total. The molecule has 10 heteroatoms. The number of benzene rings is 1. The Morgan fingerprint density at radius 1 is 1.27 bits per heavy atom. The van der Waals surface area contributed by atoms with Gasteiger partial charge in [-0.2, -0.15) is 0 Å². The number of thioether (sulfide) groups is 1. The fourth-order valence-electron chi connectivity index (χ4n) is 2.72. The number of esters is 1. The first-order valence-electron chi connectivity index (χ1n) is 9.27. The molecule has 158 valence electrons. The van der Waals surface area contributed by atoms with Crippen molar-refractivity contribution in [2.45, 2.75) is 26.2 Å². The number of methoxy groups -OCH3 is 1. The number of Topliss-reactive ketones (excluding diaryl/α,β-unsaturated/α-hetero) is 1. The van der Waals surface area contributed by atoms with E-state index < -0.39 is 11.9 Å². The minimum atomic E-state index is -0.687. The highest BCUT2D eigenvalue weighted by molar-refractivity contribution is 8.19. The van der Waals surface area contributed by atoms with E-state index in [1.165, 1.54) is 18.4 Å². The minimum absolute atomic E-state index is 0.162. The van der Waals surface area contributed by atoms with E-state index in [1.54, 1.807) is 31.2 Å². The van der Waals surface area contributed by atoms with E-state index in [9.17, 15) is 9.59 Å². The smallest absolute Gasteiger partial charge is 0.344 e. The Balaban J connectivity index is 1.78. The first-order valence-corrected chi connectivity index (χ1v) is 10.9. The van der Waals surface area contributed by atoms with Crippen molar-refractivity contribution >= 4 is 46.0 Å². The molecule has 0 unspecified atom stereocenters. The molecule has 1 atom stereocenters. The molecule has 0 amide bonds. The lowest BCUT2D eigenvalue weighted by Gasteiger charge is -2.11. The van der Waals surface area contributed by atoms with Crippen LogP contribution in [0.15, 0.2) is 23.1 Å². The lowest BCUT2D eigenvalue weighted by atomic mass is 10.1. The van der Waals surface area contributed by atoms with Gasteiger partial charge >= 0.3 is 5.97 Å². The topological polar surface area (TPSA) is 111 Å². The number of allylic oxidation sites excluding steroid dienone is 1. The van der Waals surface area contributed by atoms with Gasteiger partial charge in [0.15, 0.2) is 23.9 Å². The summed E-state index contributed by atoms with van der Waals surface area (Å²) in [4.78, 5) is 24.8. The summed E-state index contributed by atoms with van der Waals surface area (Å²) in [5, 5.41) is 18.0. The van der Waals surface area contributed by atoms with Crippen LogP contribution in [-0.2, 0) is 20.7 Å². The summed E-state index contributed by atoms with van der Waals surface area (Å²) in [6, 6.07) is 5.12. The van der Waals surface area contributed by atoms with Crippen molar-refractivity contribution < 1.29 is 23.8 Å². The standard InChI is InChI=1S/C20H21N3O5S2/c1-4-15-22-23-20(30-15)17-18(25)14(29-19(17)21)9-11-6-7-12(13(8-11)26-3)28-10-16(24)27-5-2/h6-9,17,21H,4-5,10H2,1-3H3/b14-9-,21-19?/t17-/m1/s1. The number of hydrogen-bond donors (Lipinski definition) is 1. The zero-order valence-corrected chi connectivity index (χ0v) is 18.4. The van der Waals surface area contributed by atoms with E-state index in [2.05, 4.69) is 10.2 Å². The molecule has 30 heavy (non-hydrogen) atoms. The average Bonchev–Trinajstić information content (AvgIpc) is 3.31. The number of hydrogen-bond acceptors (Lipinski definition) is 10. The predicted octanol–water partition coefficient (Wildman–Crippen LogP) is 3.47. The normalized spacial score (nSPS) is 17.4. The highest BCUT2D eigenvalue weighted by atomic mass is 32.2. The maximum Gasteiger partial charge on any atom is 0.344 e. The number of aryl methyl sites for hydroxylation is 1.